The molecule has 0 aliphatic rings. The summed E-state index contributed by atoms with van der Waals surface area (Å²) in [6.45, 7) is 0. The zero-order valence-corrected chi connectivity index (χ0v) is 15.9. The molecule has 2 rings (SSSR count). The van der Waals surface area contributed by atoms with Crippen molar-refractivity contribution in [3.05, 3.63) is 42.0 Å². The van der Waals surface area contributed by atoms with E-state index in [1.807, 2.05) is 0 Å². The zero-order chi connectivity index (χ0) is 20.5. The summed E-state index contributed by atoms with van der Waals surface area (Å²) in [4.78, 5) is 24.0. The zero-order valence-electron chi connectivity index (χ0n) is 15.9. The van der Waals surface area contributed by atoms with E-state index in [-0.39, 0.29) is 0 Å². The number of nitrogens with zero attached hydrogens (tertiary/aromatic N) is 1. The monoisotopic (exact) mass is 387 g/mol. The fourth-order valence-electron chi connectivity index (χ4n) is 2.22. The van der Waals surface area contributed by atoms with Gasteiger partial charge in [0.2, 0.25) is 0 Å². The minimum absolute atomic E-state index is 0.323. The minimum atomic E-state index is -0.943. The molecule has 0 aromatic heterocycles. The molecule has 0 aliphatic heterocycles. The van der Waals surface area contributed by atoms with Crippen molar-refractivity contribution in [1.82, 2.24) is 5.43 Å². The summed E-state index contributed by atoms with van der Waals surface area (Å²) in [6.07, 6.45) is 1.36. The van der Waals surface area contributed by atoms with Crippen LogP contribution in [0.5, 0.6) is 23.0 Å². The van der Waals surface area contributed by atoms with Crippen LogP contribution >= 0.6 is 0 Å². The van der Waals surface area contributed by atoms with Crippen molar-refractivity contribution in [3.8, 4) is 23.0 Å². The van der Waals surface area contributed by atoms with Gasteiger partial charge in [0.15, 0.2) is 0 Å². The second-order valence-electron chi connectivity index (χ2n) is 5.33. The molecule has 0 bridgehead atoms. The third-order valence-electron chi connectivity index (χ3n) is 3.67. The standard InChI is InChI=1S/C19H21N3O6/c1-25-13-6-5-12(16(9-13)27-3)11-20-22-19(24)18(23)21-15-8-7-14(26-2)10-17(15)28-4/h5-11H,1-4H3,(H,21,23)(H,22,24). The van der Waals surface area contributed by atoms with Crippen LogP contribution in [-0.4, -0.2) is 46.5 Å². The molecule has 0 fully saturated rings. The van der Waals surface area contributed by atoms with E-state index in [0.717, 1.165) is 0 Å². The van der Waals surface area contributed by atoms with Crippen LogP contribution in [0.2, 0.25) is 0 Å². The van der Waals surface area contributed by atoms with Crippen LogP contribution < -0.4 is 29.7 Å². The van der Waals surface area contributed by atoms with Crippen molar-refractivity contribution in [2.75, 3.05) is 33.8 Å². The Morgan fingerprint density at radius 3 is 2.04 bits per heavy atom. The molecule has 2 aromatic carbocycles. The van der Waals surface area contributed by atoms with E-state index in [9.17, 15) is 9.59 Å². The molecule has 148 valence electrons. The lowest BCUT2D eigenvalue weighted by Crippen LogP contribution is -2.32. The number of carbonyl (C=O) groups excluding carboxylic acids is 2. The van der Waals surface area contributed by atoms with E-state index in [0.29, 0.717) is 34.2 Å². The molecular formula is C19H21N3O6. The molecule has 9 nitrogen and oxygen atoms in total. The maximum Gasteiger partial charge on any atom is 0.329 e. The Kier molecular flexibility index (Phi) is 7.21. The van der Waals surface area contributed by atoms with Crippen molar-refractivity contribution in [2.24, 2.45) is 5.10 Å². The van der Waals surface area contributed by atoms with Crippen molar-refractivity contribution in [1.29, 1.82) is 0 Å². The Labute approximate surface area is 162 Å². The van der Waals surface area contributed by atoms with Crippen molar-refractivity contribution < 1.29 is 28.5 Å². The Morgan fingerprint density at radius 1 is 0.821 bits per heavy atom. The van der Waals surface area contributed by atoms with Crippen molar-refractivity contribution >= 4 is 23.7 Å². The Morgan fingerprint density at radius 2 is 1.43 bits per heavy atom. The maximum absolute atomic E-state index is 12.1. The molecular weight excluding hydrogens is 366 g/mol. The smallest absolute Gasteiger partial charge is 0.329 e. The molecule has 2 amide bonds. The molecule has 0 radical (unpaired) electrons. The van der Waals surface area contributed by atoms with Gasteiger partial charge in [-0.3, -0.25) is 9.59 Å². The second kappa shape index (κ2) is 9.81. The van der Waals surface area contributed by atoms with Gasteiger partial charge >= 0.3 is 11.8 Å². The topological polar surface area (TPSA) is 107 Å². The number of methoxy groups -OCH3 is 4. The first-order valence-corrected chi connectivity index (χ1v) is 8.10. The van der Waals surface area contributed by atoms with Gasteiger partial charge in [-0.2, -0.15) is 5.10 Å². The highest BCUT2D eigenvalue weighted by Gasteiger charge is 2.16. The summed E-state index contributed by atoms with van der Waals surface area (Å²) in [5.41, 5.74) is 3.08. The molecule has 0 saturated heterocycles. The lowest BCUT2D eigenvalue weighted by Gasteiger charge is -2.11. The number of nitrogens with one attached hydrogen (secondary N) is 2. The van der Waals surface area contributed by atoms with Crippen LogP contribution in [0.15, 0.2) is 41.5 Å². The van der Waals surface area contributed by atoms with Gasteiger partial charge in [0.05, 0.1) is 40.3 Å². The summed E-state index contributed by atoms with van der Waals surface area (Å²) in [6, 6.07) is 9.87. The van der Waals surface area contributed by atoms with Gasteiger partial charge in [-0.05, 0) is 24.3 Å². The molecule has 0 heterocycles. The van der Waals surface area contributed by atoms with Crippen LogP contribution in [0.4, 0.5) is 5.69 Å². The summed E-state index contributed by atoms with van der Waals surface area (Å²) >= 11 is 0. The van der Waals surface area contributed by atoms with Crippen molar-refractivity contribution in [2.45, 2.75) is 0 Å². The number of ether oxygens (including phenoxy) is 4. The summed E-state index contributed by atoms with van der Waals surface area (Å²) in [5.74, 6) is 0.184. The minimum Gasteiger partial charge on any atom is -0.497 e. The van der Waals surface area contributed by atoms with E-state index < -0.39 is 11.8 Å². The van der Waals surface area contributed by atoms with Crippen LogP contribution in [-0.2, 0) is 9.59 Å². The van der Waals surface area contributed by atoms with Gasteiger partial charge in [0.25, 0.3) is 0 Å². The first-order valence-electron chi connectivity index (χ1n) is 8.10. The van der Waals surface area contributed by atoms with Gasteiger partial charge in [-0.1, -0.05) is 0 Å². The van der Waals surface area contributed by atoms with E-state index in [4.69, 9.17) is 18.9 Å². The van der Waals surface area contributed by atoms with Crippen LogP contribution in [0.3, 0.4) is 0 Å². The van der Waals surface area contributed by atoms with Crippen molar-refractivity contribution in [3.63, 3.8) is 0 Å². The highest BCUT2D eigenvalue weighted by atomic mass is 16.5. The van der Waals surface area contributed by atoms with Gasteiger partial charge < -0.3 is 24.3 Å². The average Bonchev–Trinajstić information content (AvgIpc) is 2.73. The first-order chi connectivity index (χ1) is 13.5. The van der Waals surface area contributed by atoms with Gasteiger partial charge in [0, 0.05) is 17.7 Å². The number of hydrazone groups is 1. The predicted octanol–water partition coefficient (Wildman–Crippen LogP) is 1.81. The lowest BCUT2D eigenvalue weighted by atomic mass is 10.2. The average molecular weight is 387 g/mol. The molecule has 0 spiro atoms. The fourth-order valence-corrected chi connectivity index (χ4v) is 2.22. The molecule has 2 N–H and O–H groups in total. The number of rotatable bonds is 7. The van der Waals surface area contributed by atoms with Crippen LogP contribution in [0, 0.1) is 0 Å². The number of anilines is 1. The summed E-state index contributed by atoms with van der Waals surface area (Å²) < 4.78 is 20.6. The van der Waals surface area contributed by atoms with E-state index in [1.165, 1.54) is 27.5 Å². The molecule has 0 atom stereocenters. The molecule has 9 heteroatoms. The van der Waals surface area contributed by atoms with E-state index >= 15 is 0 Å². The summed E-state index contributed by atoms with van der Waals surface area (Å²) in [5, 5.41) is 6.23. The summed E-state index contributed by atoms with van der Waals surface area (Å²) in [7, 11) is 5.99. The third kappa shape index (κ3) is 5.13. The van der Waals surface area contributed by atoms with E-state index in [2.05, 4.69) is 15.8 Å². The number of benzene rings is 2. The van der Waals surface area contributed by atoms with E-state index in [1.54, 1.807) is 43.5 Å². The SMILES string of the molecule is COc1ccc(C=NNC(=O)C(=O)Nc2ccc(OC)cc2OC)c(OC)c1. The highest BCUT2D eigenvalue weighted by Crippen LogP contribution is 2.29. The maximum atomic E-state index is 12.1. The second-order valence-corrected chi connectivity index (χ2v) is 5.33. The molecule has 0 unspecified atom stereocenters. The predicted molar refractivity (Wildman–Crippen MR) is 103 cm³/mol. The van der Waals surface area contributed by atoms with Gasteiger partial charge in [0.1, 0.15) is 23.0 Å². The van der Waals surface area contributed by atoms with Crippen LogP contribution in [0.25, 0.3) is 0 Å². The number of carbonyl (C=O) groups is 2. The number of amides is 2. The third-order valence-corrected chi connectivity index (χ3v) is 3.67. The fraction of sp³-hybridized carbons (Fsp3) is 0.211. The van der Waals surface area contributed by atoms with Crippen LogP contribution in [0.1, 0.15) is 5.56 Å². The Bertz CT molecular complexity index is 882. The number of hydrogen-bond donors (Lipinski definition) is 2. The first kappa shape index (κ1) is 20.6. The Hall–Kier alpha value is -3.75. The lowest BCUT2D eigenvalue weighted by molar-refractivity contribution is -0.136. The normalized spacial score (nSPS) is 10.3. The Balaban J connectivity index is 2.01. The quantitative estimate of drug-likeness (QED) is 0.426. The molecule has 2 aromatic rings. The van der Waals surface area contributed by atoms with Gasteiger partial charge in [-0.25, -0.2) is 5.43 Å². The highest BCUT2D eigenvalue weighted by molar-refractivity contribution is 6.39. The van der Waals surface area contributed by atoms with Gasteiger partial charge in [-0.15, -0.1) is 0 Å². The number of hydrogen-bond acceptors (Lipinski definition) is 7. The largest absolute Gasteiger partial charge is 0.497 e. The molecule has 28 heavy (non-hydrogen) atoms. The molecule has 0 aliphatic carbocycles. The molecule has 0 saturated carbocycles.